The Hall–Kier alpha value is -2.55. The molecule has 2 aromatic carbocycles. The second-order valence-corrected chi connectivity index (χ2v) is 9.28. The third-order valence-electron chi connectivity index (χ3n) is 3.82. The summed E-state index contributed by atoms with van der Waals surface area (Å²) in [6.45, 7) is 1.90. The van der Waals surface area contributed by atoms with E-state index < -0.39 is 0 Å². The number of thioether (sulfide) groups is 1. The van der Waals surface area contributed by atoms with Crippen LogP contribution >= 0.6 is 34.4 Å². The fraction of sp³-hybridized carbons (Fsp3) is 0.100. The summed E-state index contributed by atoms with van der Waals surface area (Å²) in [5.74, 6) is 0.548. The van der Waals surface area contributed by atoms with Crippen LogP contribution in [-0.2, 0) is 5.75 Å². The number of anilines is 1. The first kappa shape index (κ1) is 18.8. The quantitative estimate of drug-likeness (QED) is 0.326. The van der Waals surface area contributed by atoms with Gasteiger partial charge in [0.2, 0.25) is 5.13 Å². The van der Waals surface area contributed by atoms with Crippen LogP contribution in [0.1, 0.15) is 21.1 Å². The predicted molar refractivity (Wildman–Crippen MR) is 116 cm³/mol. The van der Waals surface area contributed by atoms with Crippen molar-refractivity contribution in [3.8, 4) is 10.4 Å². The molecule has 5 nitrogen and oxygen atoms in total. The van der Waals surface area contributed by atoms with Crippen molar-refractivity contribution in [2.24, 2.45) is 0 Å². The van der Waals surface area contributed by atoms with Crippen molar-refractivity contribution in [2.75, 3.05) is 5.32 Å². The number of hydrogen-bond donors (Lipinski definition) is 1. The van der Waals surface area contributed by atoms with Crippen LogP contribution < -0.4 is 5.32 Å². The van der Waals surface area contributed by atoms with Crippen LogP contribution in [0, 0.1) is 6.92 Å². The van der Waals surface area contributed by atoms with Crippen molar-refractivity contribution in [1.82, 2.24) is 15.2 Å². The molecule has 0 unspecified atom stereocenters. The lowest BCUT2D eigenvalue weighted by Gasteiger charge is -2.02. The van der Waals surface area contributed by atoms with Crippen molar-refractivity contribution < 1.29 is 4.79 Å². The monoisotopic (exact) mass is 424 g/mol. The van der Waals surface area contributed by atoms with Crippen LogP contribution in [0.3, 0.4) is 0 Å². The van der Waals surface area contributed by atoms with E-state index >= 15 is 0 Å². The Morgan fingerprint density at radius 1 is 1.00 bits per heavy atom. The summed E-state index contributed by atoms with van der Waals surface area (Å²) >= 11 is 4.48. The number of hydrogen-bond acceptors (Lipinski definition) is 7. The minimum atomic E-state index is -0.265. The number of nitrogens with one attached hydrogen (secondary N) is 1. The summed E-state index contributed by atoms with van der Waals surface area (Å²) in [7, 11) is 0. The van der Waals surface area contributed by atoms with Crippen LogP contribution in [0.4, 0.5) is 5.13 Å². The van der Waals surface area contributed by atoms with Crippen molar-refractivity contribution in [3.05, 3.63) is 76.9 Å². The molecule has 1 amide bonds. The third kappa shape index (κ3) is 4.46. The third-order valence-corrected chi connectivity index (χ3v) is 6.88. The topological polar surface area (TPSA) is 67.8 Å². The van der Waals surface area contributed by atoms with Gasteiger partial charge in [-0.3, -0.25) is 10.1 Å². The normalized spacial score (nSPS) is 10.8. The zero-order chi connectivity index (χ0) is 19.3. The summed E-state index contributed by atoms with van der Waals surface area (Å²) in [5, 5.41) is 12.4. The molecule has 4 aromatic rings. The van der Waals surface area contributed by atoms with Crippen LogP contribution in [0.2, 0.25) is 0 Å². The molecule has 0 bridgehead atoms. The largest absolute Gasteiger partial charge is 0.295 e. The van der Waals surface area contributed by atoms with Gasteiger partial charge in [-0.1, -0.05) is 83.8 Å². The highest BCUT2D eigenvalue weighted by atomic mass is 32.2. The second kappa shape index (κ2) is 8.64. The van der Waals surface area contributed by atoms with E-state index in [1.165, 1.54) is 28.2 Å². The summed E-state index contributed by atoms with van der Waals surface area (Å²) in [6, 6.07) is 20.0. The predicted octanol–water partition coefficient (Wildman–Crippen LogP) is 5.51. The number of benzene rings is 2. The minimum Gasteiger partial charge on any atom is -0.295 e. The van der Waals surface area contributed by atoms with E-state index in [-0.39, 0.29) is 5.91 Å². The number of carbonyl (C=O) groups is 1. The van der Waals surface area contributed by atoms with E-state index in [9.17, 15) is 4.79 Å². The molecular formula is C20H16N4OS3. The second-order valence-electron chi connectivity index (χ2n) is 5.88. The average Bonchev–Trinajstić information content (AvgIpc) is 3.34. The fourth-order valence-electron chi connectivity index (χ4n) is 2.56. The van der Waals surface area contributed by atoms with Crippen LogP contribution in [0.15, 0.2) is 65.0 Å². The number of thiazole rings is 1. The number of aryl methyl sites for hydroxylation is 1. The van der Waals surface area contributed by atoms with E-state index in [0.29, 0.717) is 10.8 Å². The number of aromatic nitrogens is 3. The number of amides is 1. The molecule has 1 N–H and O–H groups in total. The van der Waals surface area contributed by atoms with E-state index in [2.05, 4.69) is 32.6 Å². The van der Waals surface area contributed by atoms with Crippen molar-refractivity contribution in [1.29, 1.82) is 0 Å². The summed E-state index contributed by atoms with van der Waals surface area (Å²) in [6.07, 6.45) is 0. The summed E-state index contributed by atoms with van der Waals surface area (Å²) in [5.41, 5.74) is 2.62. The lowest BCUT2D eigenvalue weighted by molar-refractivity contribution is 0.102. The Morgan fingerprint density at radius 3 is 2.46 bits per heavy atom. The molecule has 0 radical (unpaired) electrons. The van der Waals surface area contributed by atoms with Crippen LogP contribution in [0.5, 0.6) is 0 Å². The van der Waals surface area contributed by atoms with Gasteiger partial charge in [-0.25, -0.2) is 4.98 Å². The standard InChI is InChI=1S/C20H16N4OS3/c1-13-21-16(17(27-13)15-10-6-3-7-11-15)18(25)22-19-23-24-20(28-19)26-12-14-8-4-2-5-9-14/h2-11H,12H2,1H3,(H,22,23,25). The Labute approximate surface area is 174 Å². The highest BCUT2D eigenvalue weighted by Gasteiger charge is 2.19. The molecular weight excluding hydrogens is 408 g/mol. The van der Waals surface area contributed by atoms with Gasteiger partial charge in [-0.05, 0) is 18.1 Å². The van der Waals surface area contributed by atoms with E-state index in [0.717, 1.165) is 25.5 Å². The number of nitrogens with zero attached hydrogens (tertiary/aromatic N) is 3. The van der Waals surface area contributed by atoms with Crippen molar-refractivity contribution in [3.63, 3.8) is 0 Å². The maximum atomic E-state index is 12.8. The molecule has 28 heavy (non-hydrogen) atoms. The summed E-state index contributed by atoms with van der Waals surface area (Å²) < 4.78 is 0.817. The minimum absolute atomic E-state index is 0.265. The first-order chi connectivity index (χ1) is 13.7. The van der Waals surface area contributed by atoms with Gasteiger partial charge in [0, 0.05) is 5.75 Å². The molecule has 4 rings (SSSR count). The van der Waals surface area contributed by atoms with Gasteiger partial charge in [0.05, 0.1) is 9.88 Å². The maximum absolute atomic E-state index is 12.8. The fourth-order valence-corrected chi connectivity index (χ4v) is 5.18. The lowest BCUT2D eigenvalue weighted by Crippen LogP contribution is -2.13. The van der Waals surface area contributed by atoms with E-state index in [1.807, 2.05) is 55.5 Å². The average molecular weight is 425 g/mol. The van der Waals surface area contributed by atoms with Gasteiger partial charge >= 0.3 is 0 Å². The molecule has 0 aliphatic heterocycles. The first-order valence-electron chi connectivity index (χ1n) is 8.53. The SMILES string of the molecule is Cc1nc(C(=O)Nc2nnc(SCc3ccccc3)s2)c(-c2ccccc2)s1. The first-order valence-corrected chi connectivity index (χ1v) is 11.2. The molecule has 0 fully saturated rings. The molecule has 0 atom stereocenters. The van der Waals surface area contributed by atoms with Gasteiger partial charge in [0.1, 0.15) is 5.69 Å². The Kier molecular flexibility index (Phi) is 5.80. The van der Waals surface area contributed by atoms with Crippen molar-refractivity contribution in [2.45, 2.75) is 17.0 Å². The smallest absolute Gasteiger partial charge is 0.277 e. The highest BCUT2D eigenvalue weighted by molar-refractivity contribution is 8.00. The Morgan fingerprint density at radius 2 is 1.71 bits per heavy atom. The lowest BCUT2D eigenvalue weighted by atomic mass is 10.1. The molecule has 0 saturated carbocycles. The molecule has 8 heteroatoms. The molecule has 2 heterocycles. The molecule has 0 aliphatic carbocycles. The zero-order valence-corrected chi connectivity index (χ0v) is 17.4. The van der Waals surface area contributed by atoms with Crippen molar-refractivity contribution >= 4 is 45.5 Å². The number of carbonyl (C=O) groups excluding carboxylic acids is 1. The van der Waals surface area contributed by atoms with Gasteiger partial charge in [-0.2, -0.15) is 0 Å². The van der Waals surface area contributed by atoms with E-state index in [1.54, 1.807) is 11.8 Å². The zero-order valence-electron chi connectivity index (χ0n) is 15.0. The van der Waals surface area contributed by atoms with E-state index in [4.69, 9.17) is 0 Å². The molecule has 0 aliphatic rings. The number of rotatable bonds is 6. The molecule has 2 aromatic heterocycles. The van der Waals surface area contributed by atoms with Crippen LogP contribution in [-0.4, -0.2) is 21.1 Å². The molecule has 140 valence electrons. The van der Waals surface area contributed by atoms with Crippen LogP contribution in [0.25, 0.3) is 10.4 Å². The van der Waals surface area contributed by atoms with Gasteiger partial charge in [0.15, 0.2) is 4.34 Å². The summed E-state index contributed by atoms with van der Waals surface area (Å²) in [4.78, 5) is 18.1. The Bertz CT molecular complexity index is 1080. The van der Waals surface area contributed by atoms with Gasteiger partial charge < -0.3 is 0 Å². The van der Waals surface area contributed by atoms with Gasteiger partial charge in [-0.15, -0.1) is 21.5 Å². The molecule has 0 saturated heterocycles. The maximum Gasteiger partial charge on any atom is 0.277 e. The highest BCUT2D eigenvalue weighted by Crippen LogP contribution is 2.32. The molecule has 0 spiro atoms. The van der Waals surface area contributed by atoms with Gasteiger partial charge in [0.25, 0.3) is 5.91 Å². The Balaban J connectivity index is 1.46.